The zero-order chi connectivity index (χ0) is 25.5. The van der Waals surface area contributed by atoms with Crippen molar-refractivity contribution >= 4 is 29.5 Å². The molecule has 2 bridgehead atoms. The van der Waals surface area contributed by atoms with Gasteiger partial charge in [0.15, 0.2) is 5.72 Å². The van der Waals surface area contributed by atoms with E-state index in [1.54, 1.807) is 19.1 Å². The lowest BCUT2D eigenvalue weighted by Gasteiger charge is -2.37. The van der Waals surface area contributed by atoms with Crippen molar-refractivity contribution in [3.8, 4) is 0 Å². The summed E-state index contributed by atoms with van der Waals surface area (Å²) in [4.78, 5) is 55.6. The van der Waals surface area contributed by atoms with E-state index < -0.39 is 46.1 Å². The third-order valence-electron chi connectivity index (χ3n) is 7.80. The van der Waals surface area contributed by atoms with Gasteiger partial charge in [0.1, 0.15) is 11.1 Å². The second-order valence-electron chi connectivity index (χ2n) is 9.18. The molecule has 9 heteroatoms. The molecule has 4 atom stereocenters. The summed E-state index contributed by atoms with van der Waals surface area (Å²) in [5, 5.41) is 0. The molecule has 0 aromatic heterocycles. The Kier molecular flexibility index (Phi) is 4.54. The average Bonchev–Trinajstić information content (AvgIpc) is 3.42. The maximum absolute atomic E-state index is 14.2. The van der Waals surface area contributed by atoms with Crippen LogP contribution >= 0.6 is 0 Å². The van der Waals surface area contributed by atoms with Crippen LogP contribution < -0.4 is 4.90 Å². The van der Waals surface area contributed by atoms with E-state index in [0.29, 0.717) is 12.1 Å². The molecule has 6 rings (SSSR count). The van der Waals surface area contributed by atoms with Gasteiger partial charge in [-0.3, -0.25) is 9.69 Å². The number of para-hydroxylation sites is 1. The van der Waals surface area contributed by atoms with Crippen LogP contribution in [0.3, 0.4) is 0 Å². The summed E-state index contributed by atoms with van der Waals surface area (Å²) in [7, 11) is 2.28. The molecule has 1 aliphatic carbocycles. The van der Waals surface area contributed by atoms with Gasteiger partial charge in [0.05, 0.1) is 31.9 Å². The minimum Gasteiger partial charge on any atom is -0.466 e. The Balaban J connectivity index is 1.71. The van der Waals surface area contributed by atoms with Crippen molar-refractivity contribution in [1.29, 1.82) is 0 Å². The summed E-state index contributed by atoms with van der Waals surface area (Å²) < 4.78 is 21.8. The van der Waals surface area contributed by atoms with Gasteiger partial charge in [-0.1, -0.05) is 48.5 Å². The molecule has 184 valence electrons. The number of hydrogen-bond acceptors (Lipinski definition) is 8. The molecule has 4 aliphatic rings. The highest BCUT2D eigenvalue weighted by Crippen LogP contribution is 2.79. The molecule has 2 fully saturated rings. The molecule has 0 unspecified atom stereocenters. The molecule has 2 aromatic carbocycles. The standard InChI is InChI=1S/C27H23NO8/c1-4-35-24(32)26-19(21(29)33-2)20(22(30)34-3)27(36-26)25(14-17(25)15-10-6-5-7-11-15)16-12-8-9-13-18(16)28(27)23(26)31/h5-13,17H,4,14H2,1-3H3/t17-,25-,26-,27-/m1/s1. The predicted octanol–water partition coefficient (Wildman–Crippen LogP) is 2.14. The lowest BCUT2D eigenvalue weighted by atomic mass is 9.76. The number of amides is 1. The second kappa shape index (κ2) is 7.27. The minimum atomic E-state index is -2.49. The van der Waals surface area contributed by atoms with Crippen LogP contribution in [0.15, 0.2) is 65.7 Å². The summed E-state index contributed by atoms with van der Waals surface area (Å²) >= 11 is 0. The van der Waals surface area contributed by atoms with Gasteiger partial charge in [-0.05, 0) is 36.5 Å². The fourth-order valence-electron chi connectivity index (χ4n) is 6.48. The zero-order valence-corrected chi connectivity index (χ0v) is 19.9. The monoisotopic (exact) mass is 489 g/mol. The van der Waals surface area contributed by atoms with E-state index in [1.807, 2.05) is 42.5 Å². The number of rotatable bonds is 5. The number of hydrogen-bond donors (Lipinski definition) is 0. The quantitative estimate of drug-likeness (QED) is 0.357. The third kappa shape index (κ3) is 2.25. The number of methoxy groups -OCH3 is 2. The zero-order valence-electron chi connectivity index (χ0n) is 19.9. The lowest BCUT2D eigenvalue weighted by molar-refractivity contribution is -0.173. The summed E-state index contributed by atoms with van der Waals surface area (Å²) in [5.74, 6) is -3.96. The Hall–Kier alpha value is -3.98. The predicted molar refractivity (Wildman–Crippen MR) is 124 cm³/mol. The number of nitrogens with zero attached hydrogens (tertiary/aromatic N) is 1. The molecule has 3 aliphatic heterocycles. The number of fused-ring (bicyclic) bond motifs is 4. The SMILES string of the molecule is CCOC(=O)[C@@]12O[C@@]3(C(C(=O)OC)=C1C(=O)OC)N(C2=O)c1ccccc1[C@@]31C[C@@H]1c1ccccc1. The van der Waals surface area contributed by atoms with Crippen molar-refractivity contribution in [1.82, 2.24) is 0 Å². The summed E-state index contributed by atoms with van der Waals surface area (Å²) in [6.45, 7) is 1.51. The molecule has 3 heterocycles. The van der Waals surface area contributed by atoms with Crippen molar-refractivity contribution in [2.75, 3.05) is 25.7 Å². The van der Waals surface area contributed by atoms with Gasteiger partial charge < -0.3 is 18.9 Å². The molecule has 1 amide bonds. The van der Waals surface area contributed by atoms with Crippen LogP contribution in [-0.4, -0.2) is 56.0 Å². The van der Waals surface area contributed by atoms with E-state index in [0.717, 1.165) is 18.2 Å². The molecule has 2 spiro atoms. The van der Waals surface area contributed by atoms with Gasteiger partial charge >= 0.3 is 17.9 Å². The summed E-state index contributed by atoms with van der Waals surface area (Å²) in [6, 6.07) is 16.9. The van der Waals surface area contributed by atoms with Crippen LogP contribution in [0, 0.1) is 0 Å². The lowest BCUT2D eigenvalue weighted by Crippen LogP contribution is -2.58. The molecule has 1 saturated heterocycles. The first kappa shape index (κ1) is 22.5. The smallest absolute Gasteiger partial charge is 0.353 e. The molecule has 1 saturated carbocycles. The first-order chi connectivity index (χ1) is 17.4. The summed E-state index contributed by atoms with van der Waals surface area (Å²) in [5.41, 5.74) is -3.65. The van der Waals surface area contributed by atoms with Crippen LogP contribution in [-0.2, 0) is 43.5 Å². The van der Waals surface area contributed by atoms with Crippen LogP contribution in [0.5, 0.6) is 0 Å². The number of esters is 3. The maximum atomic E-state index is 14.2. The molecule has 2 aromatic rings. The van der Waals surface area contributed by atoms with Crippen LogP contribution in [0.4, 0.5) is 5.69 Å². The Labute approximate surface area is 206 Å². The van der Waals surface area contributed by atoms with E-state index >= 15 is 0 Å². The Morgan fingerprint density at radius 2 is 1.61 bits per heavy atom. The van der Waals surface area contributed by atoms with Crippen LogP contribution in [0.1, 0.15) is 30.4 Å². The van der Waals surface area contributed by atoms with E-state index in [2.05, 4.69) is 0 Å². The van der Waals surface area contributed by atoms with Gasteiger partial charge in [0.25, 0.3) is 11.5 Å². The van der Waals surface area contributed by atoms with Gasteiger partial charge in [-0.15, -0.1) is 0 Å². The average molecular weight is 489 g/mol. The van der Waals surface area contributed by atoms with E-state index in [1.165, 1.54) is 12.0 Å². The molecule has 0 N–H and O–H groups in total. The maximum Gasteiger partial charge on any atom is 0.353 e. The first-order valence-electron chi connectivity index (χ1n) is 11.6. The molecule has 9 nitrogen and oxygen atoms in total. The number of carbonyl (C=O) groups is 4. The number of carbonyl (C=O) groups excluding carboxylic acids is 4. The minimum absolute atomic E-state index is 0.0688. The van der Waals surface area contributed by atoms with Crippen molar-refractivity contribution in [3.05, 3.63) is 76.9 Å². The highest BCUT2D eigenvalue weighted by molar-refractivity contribution is 6.29. The number of ether oxygens (including phenoxy) is 4. The Morgan fingerprint density at radius 3 is 2.28 bits per heavy atom. The molecule has 36 heavy (non-hydrogen) atoms. The van der Waals surface area contributed by atoms with Crippen molar-refractivity contribution in [2.24, 2.45) is 0 Å². The van der Waals surface area contributed by atoms with E-state index in [-0.39, 0.29) is 18.1 Å². The van der Waals surface area contributed by atoms with Gasteiger partial charge in [0, 0.05) is 0 Å². The van der Waals surface area contributed by atoms with Crippen molar-refractivity contribution in [3.63, 3.8) is 0 Å². The second-order valence-corrected chi connectivity index (χ2v) is 9.18. The highest BCUT2D eigenvalue weighted by Gasteiger charge is 2.89. The Bertz CT molecular complexity index is 1380. The molecular weight excluding hydrogens is 466 g/mol. The molecule has 0 radical (unpaired) electrons. The fraction of sp³-hybridized carbons (Fsp3) is 0.333. The largest absolute Gasteiger partial charge is 0.466 e. The van der Waals surface area contributed by atoms with Gasteiger partial charge in [-0.2, -0.15) is 0 Å². The van der Waals surface area contributed by atoms with Crippen LogP contribution in [0.25, 0.3) is 0 Å². The molecular formula is C27H23NO8. The van der Waals surface area contributed by atoms with Gasteiger partial charge in [-0.25, -0.2) is 14.4 Å². The normalized spacial score (nSPS) is 30.8. The van der Waals surface area contributed by atoms with E-state index in [4.69, 9.17) is 18.9 Å². The highest BCUT2D eigenvalue weighted by atomic mass is 16.6. The Morgan fingerprint density at radius 1 is 0.972 bits per heavy atom. The van der Waals surface area contributed by atoms with Crippen molar-refractivity contribution < 1.29 is 38.1 Å². The van der Waals surface area contributed by atoms with E-state index in [9.17, 15) is 19.2 Å². The number of anilines is 1. The number of benzene rings is 2. The third-order valence-corrected chi connectivity index (χ3v) is 7.80. The fourth-order valence-corrected chi connectivity index (χ4v) is 6.48. The van der Waals surface area contributed by atoms with Crippen molar-refractivity contribution in [2.45, 2.75) is 36.0 Å². The van der Waals surface area contributed by atoms with Gasteiger partial charge in [0.2, 0.25) is 0 Å². The van der Waals surface area contributed by atoms with Crippen LogP contribution in [0.2, 0.25) is 0 Å². The first-order valence-corrected chi connectivity index (χ1v) is 11.6. The summed E-state index contributed by atoms with van der Waals surface area (Å²) in [6.07, 6.45) is 0.506. The topological polar surface area (TPSA) is 108 Å².